The molecule has 1 amide bonds. The first-order valence-corrected chi connectivity index (χ1v) is 10.5. The van der Waals surface area contributed by atoms with E-state index in [4.69, 9.17) is 4.74 Å². The van der Waals surface area contributed by atoms with Crippen LogP contribution in [0.1, 0.15) is 46.3 Å². The summed E-state index contributed by atoms with van der Waals surface area (Å²) in [6, 6.07) is 11.8. The molecule has 5 heteroatoms. The standard InChI is InChI=1S/C23H24BrNO3/c1-15-11-16(2)22-19(12-15)20(26)14-23(28-22)7-9-25(10-8-23)21(27)13-17-3-5-18(24)6-4-17/h3-6,11-12H,7-10,13-14H2,1-2H3. The van der Waals surface area contributed by atoms with Crippen LogP contribution in [0.25, 0.3) is 0 Å². The van der Waals surface area contributed by atoms with Gasteiger partial charge in [-0.3, -0.25) is 9.59 Å². The number of ether oxygens (including phenoxy) is 1. The minimum Gasteiger partial charge on any atom is -0.486 e. The van der Waals surface area contributed by atoms with Crippen molar-refractivity contribution in [2.75, 3.05) is 13.1 Å². The lowest BCUT2D eigenvalue weighted by Crippen LogP contribution is -2.52. The summed E-state index contributed by atoms with van der Waals surface area (Å²) in [4.78, 5) is 27.4. The Morgan fingerprint density at radius 3 is 2.50 bits per heavy atom. The molecule has 146 valence electrons. The number of carbonyl (C=O) groups excluding carboxylic acids is 2. The number of carbonyl (C=O) groups is 2. The molecule has 0 N–H and O–H groups in total. The summed E-state index contributed by atoms with van der Waals surface area (Å²) in [6.07, 6.45) is 2.19. The van der Waals surface area contributed by atoms with E-state index >= 15 is 0 Å². The number of fused-ring (bicyclic) bond motifs is 1. The number of rotatable bonds is 2. The largest absolute Gasteiger partial charge is 0.486 e. The fraction of sp³-hybridized carbons (Fsp3) is 0.391. The van der Waals surface area contributed by atoms with E-state index in [-0.39, 0.29) is 11.7 Å². The van der Waals surface area contributed by atoms with E-state index in [1.54, 1.807) is 0 Å². The van der Waals surface area contributed by atoms with Gasteiger partial charge in [0.1, 0.15) is 11.4 Å². The molecule has 4 nitrogen and oxygen atoms in total. The maximum Gasteiger partial charge on any atom is 0.226 e. The van der Waals surface area contributed by atoms with Crippen molar-refractivity contribution in [1.82, 2.24) is 4.90 Å². The molecule has 2 heterocycles. The Bertz CT molecular complexity index is 928. The zero-order chi connectivity index (χ0) is 19.9. The van der Waals surface area contributed by atoms with E-state index in [2.05, 4.69) is 22.0 Å². The molecule has 2 aliphatic rings. The Labute approximate surface area is 174 Å². The number of nitrogens with zero attached hydrogens (tertiary/aromatic N) is 1. The van der Waals surface area contributed by atoms with Gasteiger partial charge in [-0.05, 0) is 48.7 Å². The molecular weight excluding hydrogens is 418 g/mol. The van der Waals surface area contributed by atoms with Crippen LogP contribution in [0.5, 0.6) is 5.75 Å². The van der Waals surface area contributed by atoms with Crippen molar-refractivity contribution >= 4 is 27.6 Å². The molecule has 28 heavy (non-hydrogen) atoms. The molecule has 1 spiro atoms. The minimum atomic E-state index is -0.474. The van der Waals surface area contributed by atoms with Crippen LogP contribution in [0.4, 0.5) is 0 Å². The summed E-state index contributed by atoms with van der Waals surface area (Å²) in [7, 11) is 0. The van der Waals surface area contributed by atoms with Crippen molar-refractivity contribution in [3.63, 3.8) is 0 Å². The third kappa shape index (κ3) is 3.72. The Balaban J connectivity index is 1.44. The molecule has 2 aliphatic heterocycles. The molecule has 0 aromatic heterocycles. The smallest absolute Gasteiger partial charge is 0.226 e. The molecule has 0 bridgehead atoms. The van der Waals surface area contributed by atoms with E-state index in [1.165, 1.54) is 0 Å². The normalized spacial score (nSPS) is 18.0. The lowest BCUT2D eigenvalue weighted by Gasteiger charge is -2.44. The summed E-state index contributed by atoms with van der Waals surface area (Å²) in [5, 5.41) is 0. The third-order valence-electron chi connectivity index (χ3n) is 5.82. The molecule has 1 fully saturated rings. The van der Waals surface area contributed by atoms with Crippen molar-refractivity contribution in [3.05, 3.63) is 63.1 Å². The fourth-order valence-electron chi connectivity index (χ4n) is 4.27. The van der Waals surface area contributed by atoms with E-state index < -0.39 is 5.60 Å². The highest BCUT2D eigenvalue weighted by Crippen LogP contribution is 2.41. The molecule has 0 saturated carbocycles. The van der Waals surface area contributed by atoms with Crippen molar-refractivity contribution in [3.8, 4) is 5.75 Å². The Morgan fingerprint density at radius 1 is 1.14 bits per heavy atom. The van der Waals surface area contributed by atoms with Crippen LogP contribution in [-0.4, -0.2) is 35.3 Å². The average Bonchev–Trinajstić information content (AvgIpc) is 2.65. The van der Waals surface area contributed by atoms with Crippen molar-refractivity contribution in [1.29, 1.82) is 0 Å². The molecular formula is C23H24BrNO3. The highest BCUT2D eigenvalue weighted by molar-refractivity contribution is 9.10. The summed E-state index contributed by atoms with van der Waals surface area (Å²) in [6.45, 7) is 5.25. The van der Waals surface area contributed by atoms with Gasteiger partial charge >= 0.3 is 0 Å². The monoisotopic (exact) mass is 441 g/mol. The number of aryl methyl sites for hydroxylation is 2. The van der Waals surface area contributed by atoms with Crippen LogP contribution in [0, 0.1) is 13.8 Å². The van der Waals surface area contributed by atoms with Gasteiger partial charge in [-0.15, -0.1) is 0 Å². The molecule has 0 unspecified atom stereocenters. The van der Waals surface area contributed by atoms with E-state index in [1.807, 2.05) is 49.1 Å². The predicted molar refractivity (Wildman–Crippen MR) is 112 cm³/mol. The van der Waals surface area contributed by atoms with Gasteiger partial charge < -0.3 is 9.64 Å². The quantitative estimate of drug-likeness (QED) is 0.681. The number of amides is 1. The second kappa shape index (κ2) is 7.36. The summed E-state index contributed by atoms with van der Waals surface area (Å²) in [5.74, 6) is 1.02. The van der Waals surface area contributed by atoms with Gasteiger partial charge in [-0.1, -0.05) is 34.1 Å². The molecule has 0 aliphatic carbocycles. The van der Waals surface area contributed by atoms with Crippen LogP contribution < -0.4 is 4.74 Å². The van der Waals surface area contributed by atoms with E-state index in [9.17, 15) is 9.59 Å². The van der Waals surface area contributed by atoms with Crippen LogP contribution in [-0.2, 0) is 11.2 Å². The number of benzene rings is 2. The third-order valence-corrected chi connectivity index (χ3v) is 6.35. The van der Waals surface area contributed by atoms with Gasteiger partial charge in [0, 0.05) is 30.4 Å². The first-order valence-electron chi connectivity index (χ1n) is 9.71. The van der Waals surface area contributed by atoms with Crippen LogP contribution in [0.15, 0.2) is 40.9 Å². The second-order valence-electron chi connectivity index (χ2n) is 8.03. The molecule has 0 atom stereocenters. The van der Waals surface area contributed by atoms with Gasteiger partial charge in [0.2, 0.25) is 5.91 Å². The number of hydrogen-bond acceptors (Lipinski definition) is 3. The lowest BCUT2D eigenvalue weighted by molar-refractivity contribution is -0.134. The number of ketones is 1. The van der Waals surface area contributed by atoms with Gasteiger partial charge in [-0.25, -0.2) is 0 Å². The number of halogens is 1. The van der Waals surface area contributed by atoms with Crippen LogP contribution in [0.3, 0.4) is 0 Å². The summed E-state index contributed by atoms with van der Waals surface area (Å²) < 4.78 is 7.42. The number of Topliss-reactive ketones (excluding diaryl/α,β-unsaturated/α-hetero) is 1. The maximum atomic E-state index is 12.8. The Morgan fingerprint density at radius 2 is 1.82 bits per heavy atom. The van der Waals surface area contributed by atoms with Crippen molar-refractivity contribution in [2.24, 2.45) is 0 Å². The van der Waals surface area contributed by atoms with E-state index in [0.29, 0.717) is 44.3 Å². The fourth-order valence-corrected chi connectivity index (χ4v) is 4.53. The van der Waals surface area contributed by atoms with Gasteiger partial charge in [-0.2, -0.15) is 0 Å². The second-order valence-corrected chi connectivity index (χ2v) is 8.94. The topological polar surface area (TPSA) is 46.6 Å². The minimum absolute atomic E-state index is 0.131. The molecule has 1 saturated heterocycles. The Kier molecular flexibility index (Phi) is 5.04. The molecule has 4 rings (SSSR count). The van der Waals surface area contributed by atoms with Crippen LogP contribution >= 0.6 is 15.9 Å². The predicted octanol–water partition coefficient (Wildman–Crippen LogP) is 4.64. The SMILES string of the molecule is Cc1cc(C)c2c(c1)C(=O)CC1(CCN(C(=O)Cc3ccc(Br)cc3)CC1)O2. The Hall–Kier alpha value is -2.14. The summed E-state index contributed by atoms with van der Waals surface area (Å²) >= 11 is 3.42. The lowest BCUT2D eigenvalue weighted by atomic mass is 9.81. The number of piperidine rings is 1. The highest BCUT2D eigenvalue weighted by atomic mass is 79.9. The highest BCUT2D eigenvalue weighted by Gasteiger charge is 2.44. The van der Waals surface area contributed by atoms with Crippen LogP contribution in [0.2, 0.25) is 0 Å². The van der Waals surface area contributed by atoms with Gasteiger partial charge in [0.25, 0.3) is 0 Å². The first kappa shape index (κ1) is 19.2. The van der Waals surface area contributed by atoms with Crippen molar-refractivity contribution in [2.45, 2.75) is 45.1 Å². The number of hydrogen-bond donors (Lipinski definition) is 0. The molecule has 2 aromatic rings. The average molecular weight is 442 g/mol. The number of likely N-dealkylation sites (tertiary alicyclic amines) is 1. The first-order chi connectivity index (χ1) is 13.3. The zero-order valence-corrected chi connectivity index (χ0v) is 17.8. The van der Waals surface area contributed by atoms with Gasteiger partial charge in [0.15, 0.2) is 5.78 Å². The molecule has 2 aromatic carbocycles. The van der Waals surface area contributed by atoms with Crippen molar-refractivity contribution < 1.29 is 14.3 Å². The zero-order valence-electron chi connectivity index (χ0n) is 16.3. The van der Waals surface area contributed by atoms with Gasteiger partial charge in [0.05, 0.1) is 18.4 Å². The maximum absolute atomic E-state index is 12.8. The van der Waals surface area contributed by atoms with E-state index in [0.717, 1.165) is 26.9 Å². The molecule has 0 radical (unpaired) electrons. The summed E-state index contributed by atoms with van der Waals surface area (Å²) in [5.41, 5.74) is 3.33.